The van der Waals surface area contributed by atoms with Crippen LogP contribution in [0.1, 0.15) is 15.9 Å². The number of hydrogen-bond donors (Lipinski definition) is 2. The number of nitro groups is 1. The molecule has 0 aliphatic carbocycles. The third kappa shape index (κ3) is 2.34. The summed E-state index contributed by atoms with van der Waals surface area (Å²) in [5, 5.41) is 19.6. The number of nitro benzene ring substituents is 1. The molecule has 18 heavy (non-hydrogen) atoms. The summed E-state index contributed by atoms with van der Waals surface area (Å²) in [4.78, 5) is 22.2. The highest BCUT2D eigenvalue weighted by molar-refractivity contribution is 6.07. The molecule has 0 unspecified atom stereocenters. The molecule has 2 N–H and O–H groups in total. The Balaban J connectivity index is 2.34. The Bertz CT molecular complexity index is 592. The Kier molecular flexibility index (Phi) is 3.05. The average Bonchev–Trinajstić information content (AvgIpc) is 2.81. The van der Waals surface area contributed by atoms with Gasteiger partial charge in [0.25, 0.3) is 11.6 Å². The van der Waals surface area contributed by atoms with Gasteiger partial charge in [-0.3, -0.25) is 20.0 Å². The summed E-state index contributed by atoms with van der Waals surface area (Å²) in [7, 11) is 0. The number of anilines is 1. The van der Waals surface area contributed by atoms with Crippen molar-refractivity contribution in [2.75, 3.05) is 5.32 Å². The van der Waals surface area contributed by atoms with E-state index in [9.17, 15) is 14.9 Å². The lowest BCUT2D eigenvalue weighted by Gasteiger charge is -2.04. The van der Waals surface area contributed by atoms with E-state index in [0.717, 1.165) is 5.56 Å². The van der Waals surface area contributed by atoms with Crippen LogP contribution in [-0.2, 0) is 0 Å². The molecule has 0 aliphatic rings. The molecule has 2 rings (SSSR count). The van der Waals surface area contributed by atoms with E-state index < -0.39 is 10.8 Å². The predicted molar refractivity (Wildman–Crippen MR) is 64.4 cm³/mol. The van der Waals surface area contributed by atoms with E-state index in [2.05, 4.69) is 15.5 Å². The molecule has 7 heteroatoms. The Morgan fingerprint density at radius 1 is 1.50 bits per heavy atom. The van der Waals surface area contributed by atoms with E-state index in [1.165, 1.54) is 24.5 Å². The molecule has 7 nitrogen and oxygen atoms in total. The topological polar surface area (TPSA) is 101 Å². The maximum atomic E-state index is 11.9. The van der Waals surface area contributed by atoms with Gasteiger partial charge in [0, 0.05) is 12.3 Å². The number of aromatic nitrogens is 2. The molecule has 0 saturated carbocycles. The van der Waals surface area contributed by atoms with Gasteiger partial charge in [0.1, 0.15) is 5.56 Å². The van der Waals surface area contributed by atoms with Crippen molar-refractivity contribution in [3.05, 3.63) is 51.8 Å². The summed E-state index contributed by atoms with van der Waals surface area (Å²) < 4.78 is 0. The van der Waals surface area contributed by atoms with Crippen molar-refractivity contribution in [3.8, 4) is 0 Å². The number of carbonyl (C=O) groups excluding carboxylic acids is 1. The molecule has 0 saturated heterocycles. The highest BCUT2D eigenvalue weighted by Gasteiger charge is 2.20. The largest absolute Gasteiger partial charge is 0.319 e. The molecule has 0 bridgehead atoms. The fourth-order valence-electron chi connectivity index (χ4n) is 1.51. The van der Waals surface area contributed by atoms with Crippen LogP contribution in [0.3, 0.4) is 0 Å². The molecule has 0 spiro atoms. The van der Waals surface area contributed by atoms with Crippen LogP contribution in [-0.4, -0.2) is 21.0 Å². The van der Waals surface area contributed by atoms with Gasteiger partial charge in [-0.25, -0.2) is 0 Å². The molecule has 1 heterocycles. The Morgan fingerprint density at radius 2 is 2.28 bits per heavy atom. The van der Waals surface area contributed by atoms with E-state index >= 15 is 0 Å². The van der Waals surface area contributed by atoms with E-state index in [-0.39, 0.29) is 11.3 Å². The van der Waals surface area contributed by atoms with Crippen LogP contribution in [0.2, 0.25) is 0 Å². The lowest BCUT2D eigenvalue weighted by molar-refractivity contribution is -0.385. The zero-order chi connectivity index (χ0) is 13.1. The van der Waals surface area contributed by atoms with Crippen LogP contribution in [0.25, 0.3) is 0 Å². The fourth-order valence-corrected chi connectivity index (χ4v) is 1.51. The second-order valence-electron chi connectivity index (χ2n) is 3.72. The number of aryl methyl sites for hydroxylation is 1. The third-order valence-electron chi connectivity index (χ3n) is 2.35. The predicted octanol–water partition coefficient (Wildman–Crippen LogP) is 1.88. The number of nitrogens with zero attached hydrogens (tertiary/aromatic N) is 2. The van der Waals surface area contributed by atoms with Gasteiger partial charge in [-0.15, -0.1) is 0 Å². The van der Waals surface area contributed by atoms with E-state index in [0.29, 0.717) is 5.69 Å². The molecular formula is C11H10N4O3. The van der Waals surface area contributed by atoms with Gasteiger partial charge in [-0.05, 0) is 18.6 Å². The molecule has 1 aromatic carbocycles. The minimum Gasteiger partial charge on any atom is -0.319 e. The summed E-state index contributed by atoms with van der Waals surface area (Å²) in [6.45, 7) is 1.76. The molecule has 1 aromatic heterocycles. The van der Waals surface area contributed by atoms with Crippen LogP contribution >= 0.6 is 0 Å². The SMILES string of the molecule is Cc1ccc([N+](=O)[O-])c(C(=O)Nc2cn[nH]c2)c1. The van der Waals surface area contributed by atoms with Crippen molar-refractivity contribution in [2.24, 2.45) is 0 Å². The number of aromatic amines is 1. The minimum atomic E-state index is -0.580. The number of benzene rings is 1. The normalized spacial score (nSPS) is 10.1. The summed E-state index contributed by atoms with van der Waals surface area (Å²) in [5.74, 6) is -0.535. The van der Waals surface area contributed by atoms with E-state index in [4.69, 9.17) is 0 Å². The van der Waals surface area contributed by atoms with Crippen molar-refractivity contribution < 1.29 is 9.72 Å². The molecule has 1 amide bonds. The first-order chi connectivity index (χ1) is 8.58. The number of nitrogens with one attached hydrogen (secondary N) is 2. The van der Waals surface area contributed by atoms with E-state index in [1.807, 2.05) is 0 Å². The first-order valence-electron chi connectivity index (χ1n) is 5.13. The third-order valence-corrected chi connectivity index (χ3v) is 2.35. The molecule has 0 fully saturated rings. The number of carbonyl (C=O) groups is 1. The van der Waals surface area contributed by atoms with Gasteiger partial charge in [0.15, 0.2) is 0 Å². The summed E-state index contributed by atoms with van der Waals surface area (Å²) in [6, 6.07) is 4.39. The van der Waals surface area contributed by atoms with Gasteiger partial charge in [0.2, 0.25) is 0 Å². The number of amides is 1. The smallest absolute Gasteiger partial charge is 0.282 e. The fraction of sp³-hybridized carbons (Fsp3) is 0.0909. The zero-order valence-corrected chi connectivity index (χ0v) is 9.51. The summed E-state index contributed by atoms with van der Waals surface area (Å²) in [6.07, 6.45) is 2.90. The molecule has 92 valence electrons. The molecule has 2 aromatic rings. The number of rotatable bonds is 3. The van der Waals surface area contributed by atoms with Crippen molar-refractivity contribution in [3.63, 3.8) is 0 Å². The van der Waals surface area contributed by atoms with Gasteiger partial charge < -0.3 is 5.32 Å². The van der Waals surface area contributed by atoms with Crippen LogP contribution in [0.15, 0.2) is 30.6 Å². The lowest BCUT2D eigenvalue weighted by Crippen LogP contribution is -2.13. The van der Waals surface area contributed by atoms with Crippen molar-refractivity contribution >= 4 is 17.3 Å². The van der Waals surface area contributed by atoms with Crippen LogP contribution < -0.4 is 5.32 Å². The Labute approximate surface area is 102 Å². The maximum Gasteiger partial charge on any atom is 0.282 e. The second kappa shape index (κ2) is 4.66. The average molecular weight is 246 g/mol. The van der Waals surface area contributed by atoms with E-state index in [1.54, 1.807) is 13.0 Å². The van der Waals surface area contributed by atoms with Crippen LogP contribution in [0.4, 0.5) is 11.4 Å². The Morgan fingerprint density at radius 3 is 2.89 bits per heavy atom. The molecule has 0 aliphatic heterocycles. The summed E-state index contributed by atoms with van der Waals surface area (Å²) >= 11 is 0. The highest BCUT2D eigenvalue weighted by Crippen LogP contribution is 2.21. The molecular weight excluding hydrogens is 236 g/mol. The van der Waals surface area contributed by atoms with Crippen LogP contribution in [0, 0.1) is 17.0 Å². The maximum absolute atomic E-state index is 11.9. The lowest BCUT2D eigenvalue weighted by atomic mass is 10.1. The Hall–Kier alpha value is -2.70. The molecule has 0 atom stereocenters. The first-order valence-corrected chi connectivity index (χ1v) is 5.13. The van der Waals surface area contributed by atoms with Crippen molar-refractivity contribution in [2.45, 2.75) is 6.92 Å². The van der Waals surface area contributed by atoms with Gasteiger partial charge in [-0.1, -0.05) is 6.07 Å². The van der Waals surface area contributed by atoms with Crippen molar-refractivity contribution in [1.29, 1.82) is 0 Å². The summed E-state index contributed by atoms with van der Waals surface area (Å²) in [5.41, 5.74) is 1.04. The zero-order valence-electron chi connectivity index (χ0n) is 9.51. The highest BCUT2D eigenvalue weighted by atomic mass is 16.6. The number of H-pyrrole nitrogens is 1. The monoisotopic (exact) mass is 246 g/mol. The second-order valence-corrected chi connectivity index (χ2v) is 3.72. The van der Waals surface area contributed by atoms with Gasteiger partial charge >= 0.3 is 0 Å². The van der Waals surface area contributed by atoms with Crippen LogP contribution in [0.5, 0.6) is 0 Å². The number of hydrogen-bond acceptors (Lipinski definition) is 4. The minimum absolute atomic E-state index is 0.0289. The van der Waals surface area contributed by atoms with Gasteiger partial charge in [0.05, 0.1) is 16.8 Å². The van der Waals surface area contributed by atoms with Crippen molar-refractivity contribution in [1.82, 2.24) is 10.2 Å². The standard InChI is InChI=1S/C11H10N4O3/c1-7-2-3-10(15(17)18)9(4-7)11(16)14-8-5-12-13-6-8/h2-6H,1H3,(H,12,13)(H,14,16). The van der Waals surface area contributed by atoms with Gasteiger partial charge in [-0.2, -0.15) is 5.10 Å². The molecule has 0 radical (unpaired) electrons. The quantitative estimate of drug-likeness (QED) is 0.637. The first kappa shape index (κ1) is 11.8.